The van der Waals surface area contributed by atoms with Gasteiger partial charge in [-0.2, -0.15) is 0 Å². The lowest BCUT2D eigenvalue weighted by Crippen LogP contribution is -2.08. The van der Waals surface area contributed by atoms with Crippen molar-refractivity contribution < 1.29 is 0 Å². The average molecular weight is 317 g/mol. The second kappa shape index (κ2) is 4.61. The Morgan fingerprint density at radius 2 is 0.920 bits per heavy atom. The average Bonchev–Trinajstić information content (AvgIpc) is 3.18. The molecule has 0 unspecified atom stereocenters. The highest BCUT2D eigenvalue weighted by atomic mass is 14.9. The summed E-state index contributed by atoms with van der Waals surface area (Å²) in [5.41, 5.74) is 7.54. The molecule has 116 valence electrons. The maximum absolute atomic E-state index is 3.71. The molecule has 25 heavy (non-hydrogen) atoms. The maximum atomic E-state index is 3.71. The lowest BCUT2D eigenvalue weighted by atomic mass is 10.0. The minimum atomic E-state index is 1.18. The lowest BCUT2D eigenvalue weighted by Gasteiger charge is -2.12. The van der Waals surface area contributed by atoms with E-state index in [-0.39, 0.29) is 0 Å². The van der Waals surface area contributed by atoms with Crippen LogP contribution in [0.2, 0.25) is 0 Å². The van der Waals surface area contributed by atoms with Crippen LogP contribution in [0.5, 0.6) is 0 Å². The standard InChI is InChI=1S/C24H15N/c1-5-15-7-3-11-19-21(13-17(9-1)23(15)19)25-22-14-18-10-2-6-16-8-4-12-20(22)24(16)18/h1-14,25H. The Hall–Kier alpha value is -3.32. The van der Waals surface area contributed by atoms with Gasteiger partial charge in [0.1, 0.15) is 0 Å². The van der Waals surface area contributed by atoms with Crippen molar-refractivity contribution in [2.75, 3.05) is 0 Å². The van der Waals surface area contributed by atoms with E-state index >= 15 is 0 Å². The second-order valence-electron chi connectivity index (χ2n) is 6.74. The van der Waals surface area contributed by atoms with Gasteiger partial charge in [-0.15, -0.1) is 0 Å². The summed E-state index contributed by atoms with van der Waals surface area (Å²) in [6.45, 7) is 0. The van der Waals surface area contributed by atoms with Gasteiger partial charge < -0.3 is 5.32 Å². The molecule has 4 aromatic carbocycles. The van der Waals surface area contributed by atoms with Crippen molar-refractivity contribution >= 4 is 45.1 Å². The van der Waals surface area contributed by atoms with Gasteiger partial charge in [0, 0.05) is 22.5 Å². The summed E-state index contributed by atoms with van der Waals surface area (Å²) in [5, 5.41) is 9.01. The first-order valence-electron chi connectivity index (χ1n) is 8.63. The Bertz CT molecular complexity index is 1150. The third-order valence-corrected chi connectivity index (χ3v) is 5.32. The zero-order chi connectivity index (χ0) is 16.4. The van der Waals surface area contributed by atoms with Gasteiger partial charge in [0.05, 0.1) is 0 Å². The molecule has 4 aromatic rings. The van der Waals surface area contributed by atoms with Gasteiger partial charge in [-0.05, 0) is 44.8 Å². The van der Waals surface area contributed by atoms with Crippen LogP contribution in [0.3, 0.4) is 0 Å². The van der Waals surface area contributed by atoms with Crippen molar-refractivity contribution in [3.8, 4) is 0 Å². The first-order valence-corrected chi connectivity index (χ1v) is 8.63. The van der Waals surface area contributed by atoms with Crippen molar-refractivity contribution in [1.29, 1.82) is 0 Å². The van der Waals surface area contributed by atoms with Gasteiger partial charge in [-0.1, -0.05) is 72.8 Å². The van der Waals surface area contributed by atoms with Crippen LogP contribution >= 0.6 is 0 Å². The predicted molar refractivity (Wildman–Crippen MR) is 107 cm³/mol. The molecule has 1 nitrogen and oxygen atoms in total. The fourth-order valence-electron chi connectivity index (χ4n) is 4.25. The van der Waals surface area contributed by atoms with Crippen LogP contribution in [0.15, 0.2) is 72.8 Å². The zero-order valence-electron chi connectivity index (χ0n) is 13.6. The second-order valence-corrected chi connectivity index (χ2v) is 6.74. The molecule has 0 atom stereocenters. The van der Waals surface area contributed by atoms with E-state index in [2.05, 4.69) is 90.3 Å². The highest BCUT2D eigenvalue weighted by Crippen LogP contribution is 2.39. The molecule has 6 rings (SSSR count). The van der Waals surface area contributed by atoms with E-state index in [4.69, 9.17) is 0 Å². The molecule has 0 saturated carbocycles. The van der Waals surface area contributed by atoms with Gasteiger partial charge in [0.15, 0.2) is 0 Å². The Balaban J connectivity index is 1.49. The third kappa shape index (κ3) is 1.72. The van der Waals surface area contributed by atoms with Gasteiger partial charge in [0.25, 0.3) is 0 Å². The van der Waals surface area contributed by atoms with Crippen molar-refractivity contribution in [2.45, 2.75) is 0 Å². The Morgan fingerprint density at radius 3 is 1.40 bits per heavy atom. The summed E-state index contributed by atoms with van der Waals surface area (Å²) in [5.74, 6) is 0. The normalized spacial score (nSPS) is 14.1. The molecular weight excluding hydrogens is 302 g/mol. The Morgan fingerprint density at radius 1 is 0.480 bits per heavy atom. The SMILES string of the molecule is C1=C(NC2=Cc3cccc4cccc2c34)c2cccc3cccc1c23. The lowest BCUT2D eigenvalue weighted by molar-refractivity contribution is 1.28. The van der Waals surface area contributed by atoms with E-state index < -0.39 is 0 Å². The predicted octanol–water partition coefficient (Wildman–Crippen LogP) is 5.91. The van der Waals surface area contributed by atoms with Crippen molar-refractivity contribution in [3.63, 3.8) is 0 Å². The van der Waals surface area contributed by atoms with E-state index in [0.29, 0.717) is 0 Å². The molecule has 0 spiro atoms. The van der Waals surface area contributed by atoms with E-state index in [0.717, 1.165) is 0 Å². The van der Waals surface area contributed by atoms with Gasteiger partial charge >= 0.3 is 0 Å². The van der Waals surface area contributed by atoms with Gasteiger partial charge in [0.2, 0.25) is 0 Å². The first-order chi connectivity index (χ1) is 12.4. The first kappa shape index (κ1) is 13.0. The van der Waals surface area contributed by atoms with Crippen LogP contribution in [-0.2, 0) is 0 Å². The largest absolute Gasteiger partial charge is 0.354 e. The van der Waals surface area contributed by atoms with E-state index in [1.54, 1.807) is 0 Å². The molecule has 0 saturated heterocycles. The minimum absolute atomic E-state index is 1.18. The van der Waals surface area contributed by atoms with E-state index in [1.165, 1.54) is 55.2 Å². The van der Waals surface area contributed by atoms with Crippen LogP contribution < -0.4 is 5.32 Å². The molecule has 0 aliphatic heterocycles. The minimum Gasteiger partial charge on any atom is -0.354 e. The molecule has 0 fully saturated rings. The smallest absolute Gasteiger partial charge is 0.0470 e. The van der Waals surface area contributed by atoms with Crippen molar-refractivity contribution in [2.24, 2.45) is 0 Å². The number of nitrogens with one attached hydrogen (secondary N) is 1. The Labute approximate surface area is 145 Å². The molecular formula is C24H15N. The Kier molecular flexibility index (Phi) is 2.40. The number of hydrogen-bond donors (Lipinski definition) is 1. The summed E-state index contributed by atoms with van der Waals surface area (Å²) in [6, 6.07) is 26.1. The molecule has 0 bridgehead atoms. The van der Waals surface area contributed by atoms with Gasteiger partial charge in [-0.25, -0.2) is 0 Å². The maximum Gasteiger partial charge on any atom is 0.0470 e. The summed E-state index contributed by atoms with van der Waals surface area (Å²) >= 11 is 0. The summed E-state index contributed by atoms with van der Waals surface area (Å²) in [7, 11) is 0. The van der Waals surface area contributed by atoms with Crippen LogP contribution in [-0.4, -0.2) is 0 Å². The highest BCUT2D eigenvalue weighted by Gasteiger charge is 2.20. The van der Waals surface area contributed by atoms with Crippen molar-refractivity contribution in [1.82, 2.24) is 5.32 Å². The van der Waals surface area contributed by atoms with E-state index in [9.17, 15) is 0 Å². The quantitative estimate of drug-likeness (QED) is 0.485. The molecule has 2 aliphatic rings. The topological polar surface area (TPSA) is 12.0 Å². The fourth-order valence-corrected chi connectivity index (χ4v) is 4.25. The molecule has 0 radical (unpaired) electrons. The molecule has 2 aliphatic carbocycles. The van der Waals surface area contributed by atoms with Crippen molar-refractivity contribution in [3.05, 3.63) is 95.1 Å². The number of rotatable bonds is 2. The van der Waals surface area contributed by atoms with Gasteiger partial charge in [-0.3, -0.25) is 0 Å². The fraction of sp³-hybridized carbons (Fsp3) is 0. The van der Waals surface area contributed by atoms with Crippen LogP contribution in [0.1, 0.15) is 22.3 Å². The summed E-state index contributed by atoms with van der Waals surface area (Å²) < 4.78 is 0. The zero-order valence-corrected chi connectivity index (χ0v) is 13.6. The third-order valence-electron chi connectivity index (χ3n) is 5.32. The van der Waals surface area contributed by atoms with Crippen LogP contribution in [0.25, 0.3) is 45.1 Å². The highest BCUT2D eigenvalue weighted by molar-refractivity contribution is 6.13. The summed E-state index contributed by atoms with van der Waals surface area (Å²) in [6.07, 6.45) is 4.53. The molecule has 1 heteroatoms. The molecule has 0 aromatic heterocycles. The number of hydrogen-bond acceptors (Lipinski definition) is 1. The summed E-state index contributed by atoms with van der Waals surface area (Å²) in [4.78, 5) is 0. The molecule has 0 heterocycles. The van der Waals surface area contributed by atoms with Crippen LogP contribution in [0.4, 0.5) is 0 Å². The monoisotopic (exact) mass is 317 g/mol. The van der Waals surface area contributed by atoms with E-state index in [1.807, 2.05) is 0 Å². The molecule has 1 N–H and O–H groups in total. The molecule has 0 amide bonds. The van der Waals surface area contributed by atoms with Crippen LogP contribution in [0, 0.1) is 0 Å². The number of benzene rings is 4.